The Labute approximate surface area is 144 Å². The Morgan fingerprint density at radius 3 is 2.56 bits per heavy atom. The van der Waals surface area contributed by atoms with E-state index in [9.17, 15) is 14.0 Å². The molecule has 1 aromatic carbocycles. The van der Waals surface area contributed by atoms with Crippen molar-refractivity contribution in [3.63, 3.8) is 0 Å². The van der Waals surface area contributed by atoms with Gasteiger partial charge in [-0.15, -0.1) is 0 Å². The SMILES string of the molecule is C=CC(=O)N1CCN(c2ccccc2NC(=O)c2cc(F)c[nH]2)CC1. The molecule has 2 amide bonds. The van der Waals surface area contributed by atoms with E-state index in [1.807, 2.05) is 18.2 Å². The smallest absolute Gasteiger partial charge is 0.272 e. The van der Waals surface area contributed by atoms with Crippen LogP contribution in [0.5, 0.6) is 0 Å². The summed E-state index contributed by atoms with van der Waals surface area (Å²) in [7, 11) is 0. The maximum Gasteiger partial charge on any atom is 0.272 e. The normalized spacial score (nSPS) is 14.3. The maximum absolute atomic E-state index is 13.1. The van der Waals surface area contributed by atoms with Gasteiger partial charge in [-0.2, -0.15) is 0 Å². The number of carbonyl (C=O) groups is 2. The number of nitrogens with zero attached hydrogens (tertiary/aromatic N) is 2. The number of halogens is 1. The first kappa shape index (κ1) is 16.8. The number of aromatic nitrogens is 1. The molecule has 130 valence electrons. The molecule has 2 N–H and O–H groups in total. The summed E-state index contributed by atoms with van der Waals surface area (Å²) in [5.41, 5.74) is 1.67. The van der Waals surface area contributed by atoms with Crippen LogP contribution in [0, 0.1) is 5.82 Å². The van der Waals surface area contributed by atoms with Gasteiger partial charge < -0.3 is 20.1 Å². The van der Waals surface area contributed by atoms with E-state index >= 15 is 0 Å². The fraction of sp³-hybridized carbons (Fsp3) is 0.222. The van der Waals surface area contributed by atoms with E-state index in [-0.39, 0.29) is 11.6 Å². The van der Waals surface area contributed by atoms with Crippen molar-refractivity contribution in [2.24, 2.45) is 0 Å². The van der Waals surface area contributed by atoms with Crippen LogP contribution in [0.25, 0.3) is 0 Å². The summed E-state index contributed by atoms with van der Waals surface area (Å²) in [6.45, 7) is 6.01. The minimum absolute atomic E-state index is 0.0741. The van der Waals surface area contributed by atoms with Crippen molar-refractivity contribution in [1.82, 2.24) is 9.88 Å². The number of aromatic amines is 1. The lowest BCUT2D eigenvalue weighted by molar-refractivity contribution is -0.126. The van der Waals surface area contributed by atoms with Gasteiger partial charge in [0, 0.05) is 38.4 Å². The molecule has 0 spiro atoms. The van der Waals surface area contributed by atoms with Crippen LogP contribution in [0.3, 0.4) is 0 Å². The average molecular weight is 342 g/mol. The third kappa shape index (κ3) is 3.71. The number of anilines is 2. The average Bonchev–Trinajstić information content (AvgIpc) is 3.08. The Morgan fingerprint density at radius 2 is 1.92 bits per heavy atom. The van der Waals surface area contributed by atoms with E-state index in [2.05, 4.69) is 21.8 Å². The van der Waals surface area contributed by atoms with Gasteiger partial charge in [0.05, 0.1) is 11.4 Å². The molecule has 2 heterocycles. The Hall–Kier alpha value is -3.09. The Bertz CT molecular complexity index is 794. The van der Waals surface area contributed by atoms with Crippen LogP contribution in [0.2, 0.25) is 0 Å². The van der Waals surface area contributed by atoms with Gasteiger partial charge in [-0.05, 0) is 18.2 Å². The quantitative estimate of drug-likeness (QED) is 0.838. The number of benzene rings is 1. The zero-order chi connectivity index (χ0) is 17.8. The number of rotatable bonds is 4. The van der Waals surface area contributed by atoms with Crippen molar-refractivity contribution < 1.29 is 14.0 Å². The molecule has 0 atom stereocenters. The van der Waals surface area contributed by atoms with Crippen molar-refractivity contribution in [2.75, 3.05) is 36.4 Å². The molecular formula is C18H19FN4O2. The zero-order valence-electron chi connectivity index (χ0n) is 13.7. The lowest BCUT2D eigenvalue weighted by atomic mass is 10.2. The van der Waals surface area contributed by atoms with Gasteiger partial charge >= 0.3 is 0 Å². The molecule has 0 saturated carbocycles. The number of carbonyl (C=O) groups excluding carboxylic acids is 2. The highest BCUT2D eigenvalue weighted by molar-refractivity contribution is 6.04. The molecule has 1 fully saturated rings. The van der Waals surface area contributed by atoms with E-state index < -0.39 is 11.7 Å². The molecule has 3 rings (SSSR count). The second kappa shape index (κ2) is 7.21. The lowest BCUT2D eigenvalue weighted by Crippen LogP contribution is -2.48. The standard InChI is InChI=1S/C18H19FN4O2/c1-2-17(24)23-9-7-22(8-10-23)16-6-4-3-5-14(16)21-18(25)15-11-13(19)12-20-15/h2-6,11-12,20H,1,7-10H2,(H,21,25). The van der Waals surface area contributed by atoms with E-state index in [0.29, 0.717) is 31.9 Å². The predicted octanol–water partition coefficient (Wildman–Crippen LogP) is 2.24. The van der Waals surface area contributed by atoms with Crippen LogP contribution in [-0.4, -0.2) is 47.9 Å². The summed E-state index contributed by atoms with van der Waals surface area (Å²) in [6, 6.07) is 8.58. The van der Waals surface area contributed by atoms with Crippen LogP contribution in [-0.2, 0) is 4.79 Å². The monoisotopic (exact) mass is 342 g/mol. The van der Waals surface area contributed by atoms with Crippen LogP contribution in [0.15, 0.2) is 49.2 Å². The first-order chi connectivity index (χ1) is 12.1. The molecule has 1 aliphatic rings. The fourth-order valence-corrected chi connectivity index (χ4v) is 2.84. The Morgan fingerprint density at radius 1 is 1.20 bits per heavy atom. The first-order valence-corrected chi connectivity index (χ1v) is 7.99. The van der Waals surface area contributed by atoms with E-state index in [1.54, 1.807) is 11.0 Å². The Kier molecular flexibility index (Phi) is 4.83. The minimum Gasteiger partial charge on any atom is -0.366 e. The molecule has 7 heteroatoms. The third-order valence-corrected chi connectivity index (χ3v) is 4.15. The molecule has 0 radical (unpaired) electrons. The van der Waals surface area contributed by atoms with Gasteiger partial charge in [0.2, 0.25) is 5.91 Å². The topological polar surface area (TPSA) is 68.4 Å². The largest absolute Gasteiger partial charge is 0.366 e. The van der Waals surface area contributed by atoms with Crippen molar-refractivity contribution in [3.8, 4) is 0 Å². The molecule has 0 unspecified atom stereocenters. The van der Waals surface area contributed by atoms with Crippen molar-refractivity contribution >= 4 is 23.2 Å². The highest BCUT2D eigenvalue weighted by atomic mass is 19.1. The molecule has 0 aliphatic carbocycles. The van der Waals surface area contributed by atoms with Crippen LogP contribution in [0.4, 0.5) is 15.8 Å². The van der Waals surface area contributed by atoms with Crippen molar-refractivity contribution in [3.05, 3.63) is 60.7 Å². The summed E-state index contributed by atoms with van der Waals surface area (Å²) < 4.78 is 13.1. The molecule has 1 saturated heterocycles. The maximum atomic E-state index is 13.1. The van der Waals surface area contributed by atoms with Gasteiger partial charge in [-0.25, -0.2) is 4.39 Å². The molecule has 1 aliphatic heterocycles. The second-order valence-corrected chi connectivity index (χ2v) is 5.72. The number of hydrogen-bond acceptors (Lipinski definition) is 3. The van der Waals surface area contributed by atoms with Gasteiger partial charge in [0.1, 0.15) is 11.5 Å². The van der Waals surface area contributed by atoms with Gasteiger partial charge in [-0.1, -0.05) is 18.7 Å². The second-order valence-electron chi connectivity index (χ2n) is 5.72. The van der Waals surface area contributed by atoms with E-state index in [1.165, 1.54) is 6.08 Å². The lowest BCUT2D eigenvalue weighted by Gasteiger charge is -2.36. The summed E-state index contributed by atoms with van der Waals surface area (Å²) in [4.78, 5) is 30.4. The molecule has 1 aromatic heterocycles. The number of piperazine rings is 1. The minimum atomic E-state index is -0.485. The van der Waals surface area contributed by atoms with Crippen LogP contribution in [0.1, 0.15) is 10.5 Å². The fourth-order valence-electron chi connectivity index (χ4n) is 2.84. The zero-order valence-corrected chi connectivity index (χ0v) is 13.7. The molecule has 2 aromatic rings. The first-order valence-electron chi connectivity index (χ1n) is 7.99. The molecule has 6 nitrogen and oxygen atoms in total. The highest BCUT2D eigenvalue weighted by Crippen LogP contribution is 2.27. The van der Waals surface area contributed by atoms with Crippen LogP contribution < -0.4 is 10.2 Å². The van der Waals surface area contributed by atoms with Crippen LogP contribution >= 0.6 is 0 Å². The number of nitrogens with one attached hydrogen (secondary N) is 2. The number of amides is 2. The van der Waals surface area contributed by atoms with E-state index in [4.69, 9.17) is 0 Å². The number of hydrogen-bond donors (Lipinski definition) is 2. The van der Waals surface area contributed by atoms with Crippen molar-refractivity contribution in [1.29, 1.82) is 0 Å². The summed E-state index contributed by atoms with van der Waals surface area (Å²) >= 11 is 0. The number of para-hydroxylation sites is 2. The third-order valence-electron chi connectivity index (χ3n) is 4.15. The van der Waals surface area contributed by atoms with Gasteiger partial charge in [0.25, 0.3) is 5.91 Å². The predicted molar refractivity (Wildman–Crippen MR) is 94.1 cm³/mol. The molecule has 0 bridgehead atoms. The highest BCUT2D eigenvalue weighted by Gasteiger charge is 2.22. The summed E-state index contributed by atoms with van der Waals surface area (Å²) in [6.07, 6.45) is 2.45. The van der Waals surface area contributed by atoms with Gasteiger partial charge in [-0.3, -0.25) is 9.59 Å². The molecular weight excluding hydrogens is 323 g/mol. The van der Waals surface area contributed by atoms with E-state index in [0.717, 1.165) is 18.0 Å². The van der Waals surface area contributed by atoms with Crippen molar-refractivity contribution in [2.45, 2.75) is 0 Å². The number of H-pyrrole nitrogens is 1. The summed E-state index contributed by atoms with van der Waals surface area (Å²) in [5, 5.41) is 2.81. The molecule has 25 heavy (non-hydrogen) atoms. The summed E-state index contributed by atoms with van der Waals surface area (Å²) in [5.74, 6) is -0.965. The Balaban J connectivity index is 1.72. The van der Waals surface area contributed by atoms with Gasteiger partial charge in [0.15, 0.2) is 0 Å².